The highest BCUT2D eigenvalue weighted by atomic mass is 35.5. The van der Waals surface area contributed by atoms with Crippen molar-refractivity contribution in [1.82, 2.24) is 10.7 Å². The molecule has 23 heavy (non-hydrogen) atoms. The number of rotatable bonds is 5. The topological polar surface area (TPSA) is 70.6 Å². The third-order valence-corrected chi connectivity index (χ3v) is 3.25. The van der Waals surface area contributed by atoms with Crippen LogP contribution >= 0.6 is 23.2 Å². The molecule has 2 amide bonds. The zero-order valence-corrected chi connectivity index (χ0v) is 13.4. The van der Waals surface area contributed by atoms with Gasteiger partial charge in [-0.15, -0.1) is 0 Å². The molecule has 0 aliphatic carbocycles. The van der Waals surface area contributed by atoms with Crippen LogP contribution in [0, 0.1) is 0 Å². The highest BCUT2D eigenvalue weighted by Crippen LogP contribution is 2.09. The second-order valence-corrected chi connectivity index (χ2v) is 5.41. The Morgan fingerprint density at radius 1 is 1.04 bits per heavy atom. The maximum absolute atomic E-state index is 11.8. The molecule has 0 radical (unpaired) electrons. The molecule has 7 heteroatoms. The summed E-state index contributed by atoms with van der Waals surface area (Å²) in [6, 6.07) is 13.4. The van der Waals surface area contributed by atoms with E-state index in [0.717, 1.165) is 5.56 Å². The molecule has 2 aromatic carbocycles. The lowest BCUT2D eigenvalue weighted by molar-refractivity contribution is -0.120. The van der Waals surface area contributed by atoms with Gasteiger partial charge in [0.05, 0.1) is 12.8 Å². The number of hydrazone groups is 1. The van der Waals surface area contributed by atoms with Crippen molar-refractivity contribution in [3.8, 4) is 0 Å². The quantitative estimate of drug-likeness (QED) is 0.643. The van der Waals surface area contributed by atoms with Crippen LogP contribution in [-0.2, 0) is 4.79 Å². The van der Waals surface area contributed by atoms with E-state index in [-0.39, 0.29) is 12.5 Å². The number of amides is 2. The van der Waals surface area contributed by atoms with E-state index in [2.05, 4.69) is 15.8 Å². The summed E-state index contributed by atoms with van der Waals surface area (Å²) in [6.45, 7) is -0.186. The summed E-state index contributed by atoms with van der Waals surface area (Å²) in [4.78, 5) is 23.4. The maximum Gasteiger partial charge on any atom is 0.259 e. The van der Waals surface area contributed by atoms with E-state index in [0.29, 0.717) is 15.6 Å². The standard InChI is InChI=1S/C16H13Cl2N3O2/c17-13-6-4-12(5-7-13)16(23)19-10-15(22)21-20-9-11-2-1-3-14(18)8-11/h1-9H,10H2,(H,19,23)(H,21,22)/b20-9-. The SMILES string of the molecule is O=C(CNC(=O)c1ccc(Cl)cc1)N/N=C\c1cccc(Cl)c1. The average molecular weight is 350 g/mol. The fourth-order valence-electron chi connectivity index (χ4n) is 1.67. The number of carbonyl (C=O) groups is 2. The molecule has 0 spiro atoms. The Balaban J connectivity index is 1.78. The second-order valence-electron chi connectivity index (χ2n) is 4.54. The summed E-state index contributed by atoms with van der Waals surface area (Å²) in [5.41, 5.74) is 3.49. The Morgan fingerprint density at radius 2 is 1.78 bits per heavy atom. The van der Waals surface area contributed by atoms with Crippen LogP contribution < -0.4 is 10.7 Å². The molecule has 0 aliphatic heterocycles. The van der Waals surface area contributed by atoms with Crippen LogP contribution in [0.5, 0.6) is 0 Å². The van der Waals surface area contributed by atoms with Crippen LogP contribution in [0.4, 0.5) is 0 Å². The van der Waals surface area contributed by atoms with Gasteiger partial charge in [-0.25, -0.2) is 5.43 Å². The van der Waals surface area contributed by atoms with E-state index in [4.69, 9.17) is 23.2 Å². The van der Waals surface area contributed by atoms with E-state index in [1.54, 1.807) is 48.5 Å². The maximum atomic E-state index is 11.8. The molecule has 0 fully saturated rings. The first-order chi connectivity index (χ1) is 11.0. The van der Waals surface area contributed by atoms with Gasteiger partial charge in [0.1, 0.15) is 0 Å². The first-order valence-corrected chi connectivity index (χ1v) is 7.41. The van der Waals surface area contributed by atoms with Crippen molar-refractivity contribution >= 4 is 41.2 Å². The molecule has 2 rings (SSSR count). The lowest BCUT2D eigenvalue weighted by Crippen LogP contribution is -2.34. The smallest absolute Gasteiger partial charge is 0.259 e. The number of hydrogen-bond acceptors (Lipinski definition) is 3. The van der Waals surface area contributed by atoms with Crippen molar-refractivity contribution in [3.05, 3.63) is 69.7 Å². The van der Waals surface area contributed by atoms with E-state index in [1.807, 2.05) is 0 Å². The molecule has 0 bridgehead atoms. The number of halogens is 2. The van der Waals surface area contributed by atoms with Crippen molar-refractivity contribution in [2.75, 3.05) is 6.54 Å². The second kappa shape index (κ2) is 8.31. The monoisotopic (exact) mass is 349 g/mol. The normalized spacial score (nSPS) is 10.5. The van der Waals surface area contributed by atoms with E-state index >= 15 is 0 Å². The van der Waals surface area contributed by atoms with Gasteiger partial charge in [0.25, 0.3) is 11.8 Å². The summed E-state index contributed by atoms with van der Waals surface area (Å²) < 4.78 is 0. The van der Waals surface area contributed by atoms with Crippen LogP contribution in [0.15, 0.2) is 53.6 Å². The first-order valence-electron chi connectivity index (χ1n) is 6.66. The van der Waals surface area contributed by atoms with Crippen molar-refractivity contribution in [3.63, 3.8) is 0 Å². The van der Waals surface area contributed by atoms with Gasteiger partial charge < -0.3 is 5.32 Å². The van der Waals surface area contributed by atoms with Crippen LogP contribution in [0.2, 0.25) is 10.0 Å². The van der Waals surface area contributed by atoms with Gasteiger partial charge in [-0.2, -0.15) is 5.10 Å². The Hall–Kier alpha value is -2.37. The predicted octanol–water partition coefficient (Wildman–Crippen LogP) is 2.87. The minimum Gasteiger partial charge on any atom is -0.343 e. The summed E-state index contributed by atoms with van der Waals surface area (Å²) >= 11 is 11.6. The van der Waals surface area contributed by atoms with E-state index < -0.39 is 5.91 Å². The molecular weight excluding hydrogens is 337 g/mol. The molecule has 5 nitrogen and oxygen atoms in total. The van der Waals surface area contributed by atoms with Gasteiger partial charge in [0, 0.05) is 15.6 Å². The van der Waals surface area contributed by atoms with Crippen molar-refractivity contribution in [2.45, 2.75) is 0 Å². The summed E-state index contributed by atoms with van der Waals surface area (Å²) in [7, 11) is 0. The predicted molar refractivity (Wildman–Crippen MR) is 91.0 cm³/mol. The highest BCUT2D eigenvalue weighted by molar-refractivity contribution is 6.31. The molecule has 118 valence electrons. The lowest BCUT2D eigenvalue weighted by atomic mass is 10.2. The van der Waals surface area contributed by atoms with Crippen molar-refractivity contribution < 1.29 is 9.59 Å². The molecular formula is C16H13Cl2N3O2. The molecule has 0 saturated heterocycles. The average Bonchev–Trinajstić information content (AvgIpc) is 2.53. The minimum atomic E-state index is -0.439. The number of hydrogen-bond donors (Lipinski definition) is 2. The fraction of sp³-hybridized carbons (Fsp3) is 0.0625. The number of nitrogens with zero attached hydrogens (tertiary/aromatic N) is 1. The highest BCUT2D eigenvalue weighted by Gasteiger charge is 2.07. The van der Waals surface area contributed by atoms with Gasteiger partial charge in [-0.05, 0) is 42.0 Å². The third kappa shape index (κ3) is 5.73. The van der Waals surface area contributed by atoms with Crippen LogP contribution in [0.3, 0.4) is 0 Å². The Morgan fingerprint density at radius 3 is 2.48 bits per heavy atom. The molecule has 2 N–H and O–H groups in total. The fourth-order valence-corrected chi connectivity index (χ4v) is 1.99. The zero-order valence-electron chi connectivity index (χ0n) is 11.9. The molecule has 0 heterocycles. The summed E-state index contributed by atoms with van der Waals surface area (Å²) in [5.74, 6) is -0.804. The molecule has 0 aliphatic rings. The van der Waals surface area contributed by atoms with E-state index in [1.165, 1.54) is 6.21 Å². The third-order valence-electron chi connectivity index (χ3n) is 2.77. The largest absolute Gasteiger partial charge is 0.343 e. The van der Waals surface area contributed by atoms with Crippen LogP contribution in [0.1, 0.15) is 15.9 Å². The Bertz CT molecular complexity index is 730. The van der Waals surface area contributed by atoms with Crippen molar-refractivity contribution in [1.29, 1.82) is 0 Å². The summed E-state index contributed by atoms with van der Waals surface area (Å²) in [5, 5.41) is 7.40. The number of nitrogens with one attached hydrogen (secondary N) is 2. The first kappa shape index (κ1) is 17.0. The summed E-state index contributed by atoms with van der Waals surface area (Å²) in [6.07, 6.45) is 1.46. The minimum absolute atomic E-state index is 0.186. The van der Waals surface area contributed by atoms with E-state index in [9.17, 15) is 9.59 Å². The molecule has 0 aromatic heterocycles. The van der Waals surface area contributed by atoms with Gasteiger partial charge in [-0.3, -0.25) is 9.59 Å². The van der Waals surface area contributed by atoms with Gasteiger partial charge in [-0.1, -0.05) is 35.3 Å². The molecule has 0 atom stereocenters. The number of benzene rings is 2. The zero-order chi connectivity index (χ0) is 16.7. The van der Waals surface area contributed by atoms with Crippen molar-refractivity contribution in [2.24, 2.45) is 5.10 Å². The lowest BCUT2D eigenvalue weighted by Gasteiger charge is -2.04. The van der Waals surface area contributed by atoms with Crippen LogP contribution in [-0.4, -0.2) is 24.6 Å². The molecule has 0 saturated carbocycles. The Kier molecular flexibility index (Phi) is 6.14. The van der Waals surface area contributed by atoms with Gasteiger partial charge >= 0.3 is 0 Å². The number of carbonyl (C=O) groups excluding carboxylic acids is 2. The molecule has 2 aromatic rings. The van der Waals surface area contributed by atoms with Crippen LogP contribution in [0.25, 0.3) is 0 Å². The van der Waals surface area contributed by atoms with Gasteiger partial charge in [0.2, 0.25) is 0 Å². The molecule has 0 unspecified atom stereocenters. The Labute approximate surface area is 143 Å². The van der Waals surface area contributed by atoms with Gasteiger partial charge in [0.15, 0.2) is 0 Å².